The molecule has 0 bridgehead atoms. The minimum atomic E-state index is -0.861. The van der Waals surface area contributed by atoms with Crippen LogP contribution in [0, 0.1) is 5.41 Å². The number of benzene rings is 2. The Labute approximate surface area is 234 Å². The Kier molecular flexibility index (Phi) is 9.80. The number of unbranched alkanes of at least 4 members (excludes halogenated alkanes) is 1. The molecule has 0 fully saturated rings. The van der Waals surface area contributed by atoms with Crippen LogP contribution in [-0.4, -0.2) is 62.7 Å². The summed E-state index contributed by atoms with van der Waals surface area (Å²) in [5, 5.41) is 3.86. The van der Waals surface area contributed by atoms with Crippen LogP contribution in [0.25, 0.3) is 10.2 Å². The summed E-state index contributed by atoms with van der Waals surface area (Å²) in [6, 6.07) is 11.8. The van der Waals surface area contributed by atoms with Crippen molar-refractivity contribution in [2.24, 2.45) is 5.41 Å². The lowest BCUT2D eigenvalue weighted by molar-refractivity contribution is -0.150. The van der Waals surface area contributed by atoms with Gasteiger partial charge in [0.25, 0.3) is 0 Å². The van der Waals surface area contributed by atoms with E-state index in [9.17, 15) is 9.59 Å². The summed E-state index contributed by atoms with van der Waals surface area (Å²) in [5.74, 6) is 0.856. The predicted octanol–water partition coefficient (Wildman–Crippen LogP) is 4.77. The van der Waals surface area contributed by atoms with Crippen LogP contribution in [0.4, 0.5) is 0 Å². The Hall–Kier alpha value is -3.17. The van der Waals surface area contributed by atoms with E-state index in [-0.39, 0.29) is 24.8 Å². The molecular weight excluding hydrogens is 514 g/mol. The fraction of sp³-hybridized carbons (Fsp3) is 0.500. The highest BCUT2D eigenvalue weighted by molar-refractivity contribution is 7.18. The number of nitrogens with one attached hydrogen (secondary N) is 1. The van der Waals surface area contributed by atoms with Gasteiger partial charge in [0.1, 0.15) is 5.01 Å². The molecule has 0 saturated heterocycles. The van der Waals surface area contributed by atoms with E-state index < -0.39 is 5.41 Å². The van der Waals surface area contributed by atoms with Crippen molar-refractivity contribution in [3.8, 4) is 11.5 Å². The molecule has 1 aromatic heterocycles. The third-order valence-corrected chi connectivity index (χ3v) is 8.05. The van der Waals surface area contributed by atoms with Gasteiger partial charge in [0, 0.05) is 18.7 Å². The van der Waals surface area contributed by atoms with Crippen LogP contribution in [0.1, 0.15) is 48.7 Å². The first-order valence-corrected chi connectivity index (χ1v) is 14.4. The zero-order valence-corrected chi connectivity index (χ0v) is 24.2. The molecule has 0 atom stereocenters. The van der Waals surface area contributed by atoms with Crippen molar-refractivity contribution >= 4 is 33.4 Å². The molecule has 0 saturated carbocycles. The second-order valence-electron chi connectivity index (χ2n) is 10.4. The van der Waals surface area contributed by atoms with Gasteiger partial charge >= 0.3 is 5.97 Å². The van der Waals surface area contributed by atoms with E-state index in [1.807, 2.05) is 50.5 Å². The minimum absolute atomic E-state index is 0.0583. The van der Waals surface area contributed by atoms with Gasteiger partial charge in [-0.15, -0.1) is 11.3 Å². The number of rotatable bonds is 14. The average Bonchev–Trinajstić information content (AvgIpc) is 3.49. The largest absolute Gasteiger partial charge is 0.493 e. The van der Waals surface area contributed by atoms with Crippen LogP contribution in [0.15, 0.2) is 36.4 Å². The number of hydrogen-bond donors (Lipinski definition) is 1. The van der Waals surface area contributed by atoms with Crippen molar-refractivity contribution in [1.29, 1.82) is 0 Å². The highest BCUT2D eigenvalue weighted by Gasteiger charge is 2.45. The predicted molar refractivity (Wildman–Crippen MR) is 153 cm³/mol. The summed E-state index contributed by atoms with van der Waals surface area (Å²) in [6.45, 7) is 4.24. The molecule has 9 heteroatoms. The molecule has 1 heterocycles. The lowest BCUT2D eigenvalue weighted by Crippen LogP contribution is -2.43. The second kappa shape index (κ2) is 13.3. The van der Waals surface area contributed by atoms with E-state index in [2.05, 4.69) is 17.1 Å². The number of carbonyl (C=O) groups excluding carboxylic acids is 2. The number of ether oxygens (including phenoxy) is 3. The highest BCUT2D eigenvalue weighted by atomic mass is 32.1. The number of fused-ring (bicyclic) bond motifs is 2. The molecule has 0 aliphatic heterocycles. The molecule has 1 amide bonds. The summed E-state index contributed by atoms with van der Waals surface area (Å²) in [5.41, 5.74) is 2.16. The van der Waals surface area contributed by atoms with Crippen molar-refractivity contribution in [3.05, 3.63) is 52.5 Å². The lowest BCUT2D eigenvalue weighted by Gasteiger charge is -2.26. The molecule has 39 heavy (non-hydrogen) atoms. The fourth-order valence-corrected chi connectivity index (χ4v) is 5.87. The average molecular weight is 554 g/mol. The van der Waals surface area contributed by atoms with E-state index in [1.165, 1.54) is 11.3 Å². The summed E-state index contributed by atoms with van der Waals surface area (Å²) in [7, 11) is 5.70. The number of aromatic nitrogens is 1. The number of nitrogens with zero attached hydrogens (tertiary/aromatic N) is 2. The Balaban J connectivity index is 1.45. The second-order valence-corrected chi connectivity index (χ2v) is 11.5. The maximum absolute atomic E-state index is 13.7. The maximum Gasteiger partial charge on any atom is 0.306 e. The van der Waals surface area contributed by atoms with Gasteiger partial charge in [0.15, 0.2) is 11.5 Å². The summed E-state index contributed by atoms with van der Waals surface area (Å²) in [4.78, 5) is 33.2. The molecule has 2 aromatic carbocycles. The van der Waals surface area contributed by atoms with E-state index in [0.29, 0.717) is 37.6 Å². The standard InChI is InChI=1S/C30H39N3O5S/c1-5-6-13-38-28(34)19-30(17-21-10-7-8-11-22(21)18-30)29(35)31-20-27-32-23-15-25(37-14-9-12-33(2)3)24(36-4)16-26(23)39-27/h7-8,10-11,15-16H,5-6,9,12-14,17-20H2,1-4H3,(H,31,35). The number of carbonyl (C=O) groups is 2. The van der Waals surface area contributed by atoms with Crippen LogP contribution < -0.4 is 14.8 Å². The normalized spacial score (nSPS) is 13.9. The first-order valence-electron chi connectivity index (χ1n) is 13.6. The van der Waals surface area contributed by atoms with E-state index >= 15 is 0 Å². The van der Waals surface area contributed by atoms with Crippen molar-refractivity contribution in [2.75, 3.05) is 41.0 Å². The smallest absolute Gasteiger partial charge is 0.306 e. The van der Waals surface area contributed by atoms with E-state index in [0.717, 1.165) is 52.2 Å². The third kappa shape index (κ3) is 7.28. The molecule has 0 radical (unpaired) electrons. The first-order chi connectivity index (χ1) is 18.8. The molecule has 4 rings (SSSR count). The molecule has 1 aliphatic carbocycles. The highest BCUT2D eigenvalue weighted by Crippen LogP contribution is 2.41. The lowest BCUT2D eigenvalue weighted by atomic mass is 9.80. The van der Waals surface area contributed by atoms with Crippen molar-refractivity contribution < 1.29 is 23.8 Å². The number of hydrogen-bond acceptors (Lipinski definition) is 8. The van der Waals surface area contributed by atoms with Crippen LogP contribution in [0.3, 0.4) is 0 Å². The quantitative estimate of drug-likeness (QED) is 0.227. The molecule has 1 aliphatic rings. The topological polar surface area (TPSA) is 90.0 Å². The van der Waals surface area contributed by atoms with Crippen molar-refractivity contribution in [2.45, 2.75) is 52.0 Å². The van der Waals surface area contributed by atoms with Crippen LogP contribution in [0.2, 0.25) is 0 Å². The van der Waals surface area contributed by atoms with Gasteiger partial charge in [-0.2, -0.15) is 0 Å². The van der Waals surface area contributed by atoms with Crippen molar-refractivity contribution in [3.63, 3.8) is 0 Å². The van der Waals surface area contributed by atoms with Gasteiger partial charge in [0.05, 0.1) is 48.9 Å². The summed E-state index contributed by atoms with van der Waals surface area (Å²) in [6.07, 6.45) is 3.76. The molecule has 0 unspecified atom stereocenters. The first kappa shape index (κ1) is 28.8. The fourth-order valence-electron chi connectivity index (χ4n) is 4.96. The monoisotopic (exact) mass is 553 g/mol. The van der Waals surface area contributed by atoms with Crippen molar-refractivity contribution in [1.82, 2.24) is 15.2 Å². The molecule has 210 valence electrons. The van der Waals surface area contributed by atoms with Gasteiger partial charge in [-0.05, 0) is 50.9 Å². The summed E-state index contributed by atoms with van der Waals surface area (Å²) >= 11 is 1.51. The van der Waals surface area contributed by atoms with E-state index in [1.54, 1.807) is 7.11 Å². The molecule has 3 aromatic rings. The van der Waals surface area contributed by atoms with Gasteiger partial charge in [0.2, 0.25) is 5.91 Å². The SMILES string of the molecule is CCCCOC(=O)CC1(C(=O)NCc2nc3cc(OCCCN(C)C)c(OC)cc3s2)Cc2ccccc2C1. The molecule has 8 nitrogen and oxygen atoms in total. The molecule has 0 spiro atoms. The van der Waals surface area contributed by atoms with Gasteiger partial charge in [-0.1, -0.05) is 37.6 Å². The minimum Gasteiger partial charge on any atom is -0.493 e. The molecular formula is C30H39N3O5S. The van der Waals surface area contributed by atoms with Crippen LogP contribution in [0.5, 0.6) is 11.5 Å². The van der Waals surface area contributed by atoms with E-state index in [4.69, 9.17) is 19.2 Å². The Morgan fingerprint density at radius 1 is 1.08 bits per heavy atom. The Bertz CT molecular complexity index is 1260. The zero-order chi connectivity index (χ0) is 27.8. The number of esters is 1. The Morgan fingerprint density at radius 2 is 1.82 bits per heavy atom. The zero-order valence-electron chi connectivity index (χ0n) is 23.4. The van der Waals surface area contributed by atoms with Crippen LogP contribution >= 0.6 is 11.3 Å². The van der Waals surface area contributed by atoms with Gasteiger partial charge in [-0.3, -0.25) is 9.59 Å². The number of amides is 1. The summed E-state index contributed by atoms with van der Waals surface area (Å²) < 4.78 is 17.9. The van der Waals surface area contributed by atoms with Gasteiger partial charge < -0.3 is 24.4 Å². The Morgan fingerprint density at radius 3 is 2.49 bits per heavy atom. The number of methoxy groups -OCH3 is 1. The number of thiazole rings is 1. The molecule has 1 N–H and O–H groups in total. The maximum atomic E-state index is 13.7. The third-order valence-electron chi connectivity index (χ3n) is 7.03. The van der Waals surface area contributed by atoms with Crippen LogP contribution in [-0.2, 0) is 33.7 Å². The van der Waals surface area contributed by atoms with Gasteiger partial charge in [-0.25, -0.2) is 4.98 Å².